The standard InChI is InChI=1S/C15H20O4/c1-3-5-6-12(15(18)19-4-2)9-11-7-8-13(16)14(17)10-11/h7-10,16-17H,3-6H2,1-2H3/b12-9+. The van der Waals surface area contributed by atoms with Crippen LogP contribution in [0.15, 0.2) is 23.8 Å². The lowest BCUT2D eigenvalue weighted by Crippen LogP contribution is -2.07. The van der Waals surface area contributed by atoms with Gasteiger partial charge in [0.05, 0.1) is 6.61 Å². The van der Waals surface area contributed by atoms with Crippen molar-refractivity contribution >= 4 is 12.0 Å². The smallest absolute Gasteiger partial charge is 0.334 e. The number of unbranched alkanes of at least 4 members (excludes halogenated alkanes) is 1. The average molecular weight is 264 g/mol. The highest BCUT2D eigenvalue weighted by molar-refractivity contribution is 5.93. The number of esters is 1. The molecule has 1 aromatic rings. The minimum absolute atomic E-state index is 0.177. The Bertz CT molecular complexity index is 463. The zero-order chi connectivity index (χ0) is 14.3. The van der Waals surface area contributed by atoms with E-state index in [0.29, 0.717) is 24.2 Å². The van der Waals surface area contributed by atoms with Crippen LogP contribution in [0.2, 0.25) is 0 Å². The van der Waals surface area contributed by atoms with Gasteiger partial charge in [0.1, 0.15) is 0 Å². The van der Waals surface area contributed by atoms with Crippen molar-refractivity contribution in [2.24, 2.45) is 0 Å². The third-order valence-corrected chi connectivity index (χ3v) is 2.68. The highest BCUT2D eigenvalue weighted by Gasteiger charge is 2.10. The number of carbonyl (C=O) groups excluding carboxylic acids is 1. The van der Waals surface area contributed by atoms with Crippen molar-refractivity contribution in [2.75, 3.05) is 6.61 Å². The maximum absolute atomic E-state index is 11.8. The SMILES string of the molecule is CCCC/C(=C\c1ccc(O)c(O)c1)C(=O)OCC. The first-order valence-corrected chi connectivity index (χ1v) is 6.48. The van der Waals surface area contributed by atoms with Gasteiger partial charge in [-0.2, -0.15) is 0 Å². The maximum Gasteiger partial charge on any atom is 0.334 e. The number of phenols is 2. The van der Waals surface area contributed by atoms with Crippen LogP contribution in [0.5, 0.6) is 11.5 Å². The first-order valence-electron chi connectivity index (χ1n) is 6.48. The van der Waals surface area contributed by atoms with Crippen molar-refractivity contribution in [1.82, 2.24) is 0 Å². The fraction of sp³-hybridized carbons (Fsp3) is 0.400. The predicted molar refractivity (Wildman–Crippen MR) is 73.9 cm³/mol. The van der Waals surface area contributed by atoms with Crippen LogP contribution < -0.4 is 0 Å². The van der Waals surface area contributed by atoms with Crippen LogP contribution in [0, 0.1) is 0 Å². The van der Waals surface area contributed by atoms with Crippen LogP contribution in [0.25, 0.3) is 6.08 Å². The summed E-state index contributed by atoms with van der Waals surface area (Å²) in [7, 11) is 0. The van der Waals surface area contributed by atoms with Crippen molar-refractivity contribution in [3.63, 3.8) is 0 Å². The molecule has 19 heavy (non-hydrogen) atoms. The molecule has 0 spiro atoms. The van der Waals surface area contributed by atoms with Gasteiger partial charge in [-0.3, -0.25) is 0 Å². The Morgan fingerprint density at radius 1 is 1.26 bits per heavy atom. The number of hydrogen-bond donors (Lipinski definition) is 2. The number of aromatic hydroxyl groups is 2. The molecule has 1 aromatic carbocycles. The van der Waals surface area contributed by atoms with Gasteiger partial charge in [0.2, 0.25) is 0 Å². The minimum Gasteiger partial charge on any atom is -0.504 e. The highest BCUT2D eigenvalue weighted by Crippen LogP contribution is 2.26. The highest BCUT2D eigenvalue weighted by atomic mass is 16.5. The molecule has 4 heteroatoms. The van der Waals surface area contributed by atoms with Crippen LogP contribution in [-0.2, 0) is 9.53 Å². The Balaban J connectivity index is 2.97. The van der Waals surface area contributed by atoms with Gasteiger partial charge in [-0.15, -0.1) is 0 Å². The van der Waals surface area contributed by atoms with Gasteiger partial charge in [-0.25, -0.2) is 4.79 Å². The van der Waals surface area contributed by atoms with E-state index in [9.17, 15) is 15.0 Å². The zero-order valence-corrected chi connectivity index (χ0v) is 11.3. The van der Waals surface area contributed by atoms with Crippen LogP contribution in [0.1, 0.15) is 38.7 Å². The number of benzene rings is 1. The second kappa shape index (κ2) is 7.46. The summed E-state index contributed by atoms with van der Waals surface area (Å²) in [4.78, 5) is 11.8. The lowest BCUT2D eigenvalue weighted by atomic mass is 10.0. The molecule has 0 saturated carbocycles. The van der Waals surface area contributed by atoms with Crippen molar-refractivity contribution in [3.05, 3.63) is 29.3 Å². The van der Waals surface area contributed by atoms with Gasteiger partial charge in [0.25, 0.3) is 0 Å². The van der Waals surface area contributed by atoms with Gasteiger partial charge < -0.3 is 14.9 Å². The summed E-state index contributed by atoms with van der Waals surface area (Å²) in [5.41, 5.74) is 1.24. The zero-order valence-electron chi connectivity index (χ0n) is 11.3. The number of carbonyl (C=O) groups is 1. The van der Waals surface area contributed by atoms with Crippen LogP contribution in [0.4, 0.5) is 0 Å². The Hall–Kier alpha value is -1.97. The summed E-state index contributed by atoms with van der Waals surface area (Å²) in [5.74, 6) is -0.709. The first-order chi connectivity index (χ1) is 9.08. The topological polar surface area (TPSA) is 66.8 Å². The van der Waals surface area contributed by atoms with E-state index in [-0.39, 0.29) is 17.5 Å². The van der Waals surface area contributed by atoms with Crippen LogP contribution >= 0.6 is 0 Å². The Morgan fingerprint density at radius 2 is 2.00 bits per heavy atom. The second-order valence-electron chi connectivity index (χ2n) is 4.24. The fourth-order valence-electron chi connectivity index (χ4n) is 1.66. The maximum atomic E-state index is 11.8. The minimum atomic E-state index is -0.330. The molecule has 0 aliphatic heterocycles. The summed E-state index contributed by atoms with van der Waals surface area (Å²) in [6, 6.07) is 4.45. The molecular formula is C15H20O4. The number of phenolic OH excluding ortho intramolecular Hbond substituents is 2. The van der Waals surface area contributed by atoms with Crippen molar-refractivity contribution in [2.45, 2.75) is 33.1 Å². The average Bonchev–Trinajstić information content (AvgIpc) is 2.39. The number of ether oxygens (including phenoxy) is 1. The van der Waals surface area contributed by atoms with Gasteiger partial charge in [0, 0.05) is 5.57 Å². The van der Waals surface area contributed by atoms with Gasteiger partial charge in [-0.05, 0) is 43.5 Å². The second-order valence-corrected chi connectivity index (χ2v) is 4.24. The Kier molecular flexibility index (Phi) is 5.93. The van der Waals surface area contributed by atoms with E-state index in [2.05, 4.69) is 6.92 Å². The quantitative estimate of drug-likeness (QED) is 0.470. The third kappa shape index (κ3) is 4.66. The molecule has 0 atom stereocenters. The molecule has 104 valence electrons. The molecule has 0 aromatic heterocycles. The molecule has 1 rings (SSSR count). The molecule has 0 aliphatic rings. The Morgan fingerprint density at radius 3 is 2.58 bits per heavy atom. The van der Waals surface area contributed by atoms with Crippen LogP contribution in [0.3, 0.4) is 0 Å². The normalized spacial score (nSPS) is 11.4. The van der Waals surface area contributed by atoms with Crippen molar-refractivity contribution in [1.29, 1.82) is 0 Å². The summed E-state index contributed by atoms with van der Waals surface area (Å²) < 4.78 is 5.01. The van der Waals surface area contributed by atoms with E-state index >= 15 is 0 Å². The summed E-state index contributed by atoms with van der Waals surface area (Å²) >= 11 is 0. The predicted octanol–water partition coefficient (Wildman–Crippen LogP) is 3.23. The number of hydrogen-bond acceptors (Lipinski definition) is 4. The summed E-state index contributed by atoms with van der Waals surface area (Å²) in [5, 5.41) is 18.7. The largest absolute Gasteiger partial charge is 0.504 e. The van der Waals surface area contributed by atoms with Crippen LogP contribution in [-0.4, -0.2) is 22.8 Å². The molecule has 4 nitrogen and oxygen atoms in total. The molecule has 0 heterocycles. The van der Waals surface area contributed by atoms with Crippen molar-refractivity contribution in [3.8, 4) is 11.5 Å². The molecule has 0 fully saturated rings. The Labute approximate surface area is 113 Å². The van der Waals surface area contributed by atoms with Gasteiger partial charge >= 0.3 is 5.97 Å². The van der Waals surface area contributed by atoms with E-state index < -0.39 is 0 Å². The van der Waals surface area contributed by atoms with E-state index in [4.69, 9.17) is 4.74 Å². The van der Waals surface area contributed by atoms with E-state index in [1.54, 1.807) is 19.1 Å². The molecule has 0 radical (unpaired) electrons. The molecule has 0 saturated heterocycles. The molecule has 0 unspecified atom stereocenters. The van der Waals surface area contributed by atoms with Crippen molar-refractivity contribution < 1.29 is 19.7 Å². The monoisotopic (exact) mass is 264 g/mol. The summed E-state index contributed by atoms with van der Waals surface area (Å²) in [6.45, 7) is 4.15. The lowest BCUT2D eigenvalue weighted by Gasteiger charge is -2.07. The molecule has 2 N–H and O–H groups in total. The molecule has 0 amide bonds. The number of rotatable bonds is 6. The first kappa shape index (κ1) is 15.1. The van der Waals surface area contributed by atoms with E-state index in [0.717, 1.165) is 12.8 Å². The molecule has 0 aliphatic carbocycles. The summed E-state index contributed by atoms with van der Waals surface area (Å²) in [6.07, 6.45) is 4.20. The van der Waals surface area contributed by atoms with Gasteiger partial charge in [0.15, 0.2) is 11.5 Å². The third-order valence-electron chi connectivity index (χ3n) is 2.68. The van der Waals surface area contributed by atoms with E-state index in [1.165, 1.54) is 12.1 Å². The molecule has 0 bridgehead atoms. The lowest BCUT2D eigenvalue weighted by molar-refractivity contribution is -0.138. The van der Waals surface area contributed by atoms with Gasteiger partial charge in [-0.1, -0.05) is 19.4 Å². The van der Waals surface area contributed by atoms with E-state index in [1.807, 2.05) is 0 Å². The fourth-order valence-corrected chi connectivity index (χ4v) is 1.66. The molecular weight excluding hydrogens is 244 g/mol.